The summed E-state index contributed by atoms with van der Waals surface area (Å²) >= 11 is 0. The molecule has 0 bridgehead atoms. The Hall–Kier alpha value is -2.82. The second kappa shape index (κ2) is 7.83. The van der Waals surface area contributed by atoms with E-state index in [1.54, 1.807) is 0 Å². The first kappa shape index (κ1) is 17.0. The van der Waals surface area contributed by atoms with Crippen molar-refractivity contribution >= 4 is 16.9 Å². The van der Waals surface area contributed by atoms with Crippen molar-refractivity contribution in [2.24, 2.45) is 12.0 Å². The third-order valence-corrected chi connectivity index (χ3v) is 4.16. The van der Waals surface area contributed by atoms with Crippen molar-refractivity contribution in [2.75, 3.05) is 20.6 Å². The maximum Gasteiger partial charge on any atom is 0.193 e. The summed E-state index contributed by atoms with van der Waals surface area (Å²) in [6.07, 6.45) is 0.861. The van der Waals surface area contributed by atoms with Gasteiger partial charge in [-0.3, -0.25) is 4.68 Å². The Bertz CT molecular complexity index is 849. The van der Waals surface area contributed by atoms with Crippen molar-refractivity contribution < 1.29 is 0 Å². The lowest BCUT2D eigenvalue weighted by Gasteiger charge is -2.17. The second-order valence-electron chi connectivity index (χ2n) is 6.28. The van der Waals surface area contributed by atoms with E-state index in [9.17, 15) is 0 Å². The van der Waals surface area contributed by atoms with E-state index < -0.39 is 0 Å². The second-order valence-corrected chi connectivity index (χ2v) is 6.28. The smallest absolute Gasteiger partial charge is 0.193 e. The maximum atomic E-state index is 4.70. The average molecular weight is 335 g/mol. The Morgan fingerprint density at radius 2 is 1.80 bits per heavy atom. The van der Waals surface area contributed by atoms with Crippen LogP contribution < -0.4 is 5.32 Å². The predicted octanol–water partition coefficient (Wildman–Crippen LogP) is 2.82. The van der Waals surface area contributed by atoms with Crippen molar-refractivity contribution in [3.63, 3.8) is 0 Å². The number of guanidine groups is 1. The molecule has 0 saturated carbocycles. The van der Waals surface area contributed by atoms with Gasteiger partial charge in [0.15, 0.2) is 5.96 Å². The fraction of sp³-hybridized carbons (Fsp3) is 0.300. The largest absolute Gasteiger partial charge is 0.356 e. The number of aromatic nitrogens is 2. The molecule has 0 aliphatic rings. The summed E-state index contributed by atoms with van der Waals surface area (Å²) in [4.78, 5) is 6.71. The molecule has 130 valence electrons. The zero-order valence-electron chi connectivity index (χ0n) is 15.1. The van der Waals surface area contributed by atoms with Gasteiger partial charge in [0.25, 0.3) is 0 Å². The Morgan fingerprint density at radius 1 is 1.08 bits per heavy atom. The van der Waals surface area contributed by atoms with Crippen LogP contribution in [0, 0.1) is 0 Å². The number of rotatable bonds is 5. The lowest BCUT2D eigenvalue weighted by molar-refractivity contribution is 0.578. The van der Waals surface area contributed by atoms with Gasteiger partial charge in [-0.25, -0.2) is 4.99 Å². The minimum Gasteiger partial charge on any atom is -0.356 e. The van der Waals surface area contributed by atoms with E-state index in [1.807, 2.05) is 55.0 Å². The highest BCUT2D eigenvalue weighted by Crippen LogP contribution is 2.17. The summed E-state index contributed by atoms with van der Waals surface area (Å²) in [5, 5.41) is 9.31. The molecule has 3 aromatic rings. The third-order valence-electron chi connectivity index (χ3n) is 4.16. The Kier molecular flexibility index (Phi) is 5.33. The summed E-state index contributed by atoms with van der Waals surface area (Å²) in [6, 6.07) is 18.6. The number of hydrogen-bond donors (Lipinski definition) is 1. The average Bonchev–Trinajstić information content (AvgIpc) is 2.95. The van der Waals surface area contributed by atoms with Gasteiger partial charge in [0.1, 0.15) is 0 Å². The van der Waals surface area contributed by atoms with E-state index in [4.69, 9.17) is 4.99 Å². The van der Waals surface area contributed by atoms with Crippen LogP contribution in [0.25, 0.3) is 10.9 Å². The molecule has 2 aromatic carbocycles. The highest BCUT2D eigenvalue weighted by Gasteiger charge is 2.08. The van der Waals surface area contributed by atoms with Crippen LogP contribution in [0.3, 0.4) is 0 Å². The number of benzene rings is 2. The Morgan fingerprint density at radius 3 is 2.56 bits per heavy atom. The van der Waals surface area contributed by atoms with Gasteiger partial charge in [-0.1, -0.05) is 48.5 Å². The van der Waals surface area contributed by atoms with Crippen LogP contribution in [-0.2, 0) is 20.0 Å². The first-order valence-corrected chi connectivity index (χ1v) is 8.55. The topological polar surface area (TPSA) is 45.4 Å². The van der Waals surface area contributed by atoms with E-state index >= 15 is 0 Å². The van der Waals surface area contributed by atoms with Crippen LogP contribution in [0.2, 0.25) is 0 Å². The van der Waals surface area contributed by atoms with E-state index in [1.165, 1.54) is 16.5 Å². The number of fused-ring (bicyclic) bond motifs is 1. The lowest BCUT2D eigenvalue weighted by atomic mass is 10.2. The molecule has 0 fully saturated rings. The number of hydrogen-bond acceptors (Lipinski definition) is 2. The SMILES string of the molecule is CN(C)C(=NCc1ccccc1)NCCc1nn(C)c2ccccc12. The molecule has 0 aliphatic heterocycles. The van der Waals surface area contributed by atoms with Crippen LogP contribution in [0.1, 0.15) is 11.3 Å². The summed E-state index contributed by atoms with van der Waals surface area (Å²) in [5.74, 6) is 0.893. The quantitative estimate of drug-likeness (QED) is 0.576. The molecular weight excluding hydrogens is 310 g/mol. The molecule has 0 unspecified atom stereocenters. The van der Waals surface area contributed by atoms with Crippen molar-refractivity contribution in [3.8, 4) is 0 Å². The zero-order valence-corrected chi connectivity index (χ0v) is 15.1. The summed E-state index contributed by atoms with van der Waals surface area (Å²) in [7, 11) is 6.01. The van der Waals surface area contributed by atoms with E-state index in [2.05, 4.69) is 40.7 Å². The highest BCUT2D eigenvalue weighted by molar-refractivity contribution is 5.82. The van der Waals surface area contributed by atoms with Crippen molar-refractivity contribution in [2.45, 2.75) is 13.0 Å². The Labute approximate surface area is 149 Å². The van der Waals surface area contributed by atoms with Gasteiger partial charge in [0.2, 0.25) is 0 Å². The number of aryl methyl sites for hydroxylation is 1. The Balaban J connectivity index is 1.63. The first-order chi connectivity index (χ1) is 12.1. The van der Waals surface area contributed by atoms with Gasteiger partial charge in [0.05, 0.1) is 17.8 Å². The van der Waals surface area contributed by atoms with Gasteiger partial charge in [0, 0.05) is 39.5 Å². The minimum absolute atomic E-state index is 0.674. The van der Waals surface area contributed by atoms with Crippen molar-refractivity contribution in [3.05, 3.63) is 65.9 Å². The molecule has 0 radical (unpaired) electrons. The molecule has 1 heterocycles. The van der Waals surface area contributed by atoms with Crippen LogP contribution in [0.5, 0.6) is 0 Å². The number of nitrogens with zero attached hydrogens (tertiary/aromatic N) is 4. The number of aliphatic imine (C=N–C) groups is 1. The maximum absolute atomic E-state index is 4.70. The standard InChI is InChI=1S/C20H25N5/c1-24(2)20(22-15-16-9-5-4-6-10-16)21-14-13-18-17-11-7-8-12-19(17)25(3)23-18/h4-12H,13-15H2,1-3H3,(H,21,22). The first-order valence-electron chi connectivity index (χ1n) is 8.55. The van der Waals surface area contributed by atoms with Crippen molar-refractivity contribution in [1.82, 2.24) is 20.0 Å². The molecule has 5 heteroatoms. The predicted molar refractivity (Wildman–Crippen MR) is 104 cm³/mol. The van der Waals surface area contributed by atoms with Gasteiger partial charge in [-0.05, 0) is 11.6 Å². The van der Waals surface area contributed by atoms with E-state index in [0.717, 1.165) is 24.6 Å². The van der Waals surface area contributed by atoms with Gasteiger partial charge in [-0.15, -0.1) is 0 Å². The molecule has 0 aliphatic carbocycles. The molecular formula is C20H25N5. The van der Waals surface area contributed by atoms with Gasteiger partial charge in [-0.2, -0.15) is 5.10 Å². The molecule has 25 heavy (non-hydrogen) atoms. The monoisotopic (exact) mass is 335 g/mol. The summed E-state index contributed by atoms with van der Waals surface area (Å²) in [6.45, 7) is 1.47. The lowest BCUT2D eigenvalue weighted by Crippen LogP contribution is -2.37. The molecule has 3 rings (SSSR count). The summed E-state index contributed by atoms with van der Waals surface area (Å²) in [5.41, 5.74) is 3.49. The summed E-state index contributed by atoms with van der Waals surface area (Å²) < 4.78 is 1.95. The van der Waals surface area contributed by atoms with Crippen LogP contribution in [0.4, 0.5) is 0 Å². The fourth-order valence-corrected chi connectivity index (χ4v) is 2.87. The van der Waals surface area contributed by atoms with E-state index in [-0.39, 0.29) is 0 Å². The molecule has 0 saturated heterocycles. The minimum atomic E-state index is 0.674. The van der Waals surface area contributed by atoms with E-state index in [0.29, 0.717) is 6.54 Å². The van der Waals surface area contributed by atoms with Crippen molar-refractivity contribution in [1.29, 1.82) is 0 Å². The van der Waals surface area contributed by atoms with Crippen LogP contribution in [0.15, 0.2) is 59.6 Å². The molecule has 0 spiro atoms. The molecule has 0 atom stereocenters. The van der Waals surface area contributed by atoms with Gasteiger partial charge < -0.3 is 10.2 Å². The number of para-hydroxylation sites is 1. The third kappa shape index (κ3) is 4.18. The normalized spacial score (nSPS) is 11.7. The molecule has 1 N–H and O–H groups in total. The highest BCUT2D eigenvalue weighted by atomic mass is 15.3. The fourth-order valence-electron chi connectivity index (χ4n) is 2.87. The number of nitrogens with one attached hydrogen (secondary N) is 1. The van der Waals surface area contributed by atoms with Crippen LogP contribution in [-0.4, -0.2) is 41.3 Å². The molecule has 0 amide bonds. The van der Waals surface area contributed by atoms with Gasteiger partial charge >= 0.3 is 0 Å². The van der Waals surface area contributed by atoms with Crippen LogP contribution >= 0.6 is 0 Å². The zero-order chi connectivity index (χ0) is 17.6. The molecule has 5 nitrogen and oxygen atoms in total. The molecule has 1 aromatic heterocycles.